The molecule has 0 bridgehead atoms. The third-order valence-corrected chi connectivity index (χ3v) is 7.33. The van der Waals surface area contributed by atoms with Crippen molar-refractivity contribution in [2.24, 2.45) is 5.92 Å². The van der Waals surface area contributed by atoms with E-state index in [2.05, 4.69) is 37.3 Å². The molecule has 1 saturated carbocycles. The average Bonchev–Trinajstić information content (AvgIpc) is 3.44. The molecule has 3 aromatic rings. The first-order valence-electron chi connectivity index (χ1n) is 12.0. The molecule has 186 valence electrons. The van der Waals surface area contributed by atoms with E-state index < -0.39 is 11.4 Å². The van der Waals surface area contributed by atoms with Crippen LogP contribution in [0.4, 0.5) is 20.5 Å². The number of piperidine rings is 1. The van der Waals surface area contributed by atoms with Crippen LogP contribution in [0.5, 0.6) is 0 Å². The Morgan fingerprint density at radius 1 is 1.26 bits per heavy atom. The number of aromatic amines is 1. The molecular weight excluding hydrogens is 474 g/mol. The summed E-state index contributed by atoms with van der Waals surface area (Å²) >= 11 is 5.94. The van der Waals surface area contributed by atoms with E-state index in [9.17, 15) is 9.50 Å². The maximum absolute atomic E-state index is 15.4. The van der Waals surface area contributed by atoms with Crippen LogP contribution in [0.2, 0.25) is 5.02 Å². The maximum atomic E-state index is 15.4. The minimum atomic E-state index is -1.22. The first kappa shape index (κ1) is 24.1. The van der Waals surface area contributed by atoms with Gasteiger partial charge >= 0.3 is 0 Å². The van der Waals surface area contributed by atoms with Crippen molar-refractivity contribution >= 4 is 23.4 Å². The van der Waals surface area contributed by atoms with Crippen LogP contribution in [0.25, 0.3) is 0 Å². The van der Waals surface area contributed by atoms with Crippen LogP contribution in [0.15, 0.2) is 24.3 Å². The van der Waals surface area contributed by atoms with Gasteiger partial charge in [-0.2, -0.15) is 5.10 Å². The van der Waals surface area contributed by atoms with Crippen LogP contribution in [0, 0.1) is 24.5 Å². The molecule has 0 spiro atoms. The Kier molecular flexibility index (Phi) is 6.50. The molecule has 1 aromatic carbocycles. The number of halogens is 3. The van der Waals surface area contributed by atoms with Crippen molar-refractivity contribution in [1.82, 2.24) is 25.1 Å². The first-order chi connectivity index (χ1) is 16.7. The lowest BCUT2D eigenvalue weighted by molar-refractivity contribution is 0.113. The SMILES string of the molecule is Cc1cc(Nc2nc(C[C@@H]3CCN(Cc4cccc(Cl)c4F)[C@H](C)C3)c(F)c(C3(O)CC3)n2)n[nH]1. The number of benzene rings is 1. The molecule has 10 heteroatoms. The van der Waals surface area contributed by atoms with E-state index in [1.54, 1.807) is 24.3 Å². The highest BCUT2D eigenvalue weighted by molar-refractivity contribution is 6.30. The largest absolute Gasteiger partial charge is 0.383 e. The average molecular weight is 503 g/mol. The van der Waals surface area contributed by atoms with Gasteiger partial charge in [-0.25, -0.2) is 18.7 Å². The molecule has 3 N–H and O–H groups in total. The molecule has 35 heavy (non-hydrogen) atoms. The number of likely N-dealkylation sites (tertiary alicyclic amines) is 1. The number of nitrogens with zero attached hydrogens (tertiary/aromatic N) is 4. The van der Waals surface area contributed by atoms with Gasteiger partial charge in [0, 0.05) is 29.9 Å². The van der Waals surface area contributed by atoms with Gasteiger partial charge in [-0.1, -0.05) is 23.7 Å². The maximum Gasteiger partial charge on any atom is 0.229 e. The molecule has 1 aliphatic carbocycles. The minimum Gasteiger partial charge on any atom is -0.383 e. The zero-order valence-corrected chi connectivity index (χ0v) is 20.5. The van der Waals surface area contributed by atoms with E-state index in [1.165, 1.54) is 0 Å². The second kappa shape index (κ2) is 9.44. The quantitative estimate of drug-likeness (QED) is 0.421. The highest BCUT2D eigenvalue weighted by Gasteiger charge is 2.47. The summed E-state index contributed by atoms with van der Waals surface area (Å²) in [6.45, 7) is 5.23. The molecule has 1 aliphatic heterocycles. The molecule has 7 nitrogen and oxygen atoms in total. The normalized spacial score (nSPS) is 21.8. The third-order valence-electron chi connectivity index (χ3n) is 7.04. The molecule has 0 unspecified atom stereocenters. The Balaban J connectivity index is 1.31. The second-order valence-electron chi connectivity index (χ2n) is 9.88. The molecular formula is C25H29ClF2N6O. The number of aromatic nitrogens is 4. The lowest BCUT2D eigenvalue weighted by atomic mass is 9.87. The van der Waals surface area contributed by atoms with Crippen molar-refractivity contribution < 1.29 is 13.9 Å². The van der Waals surface area contributed by atoms with E-state index in [4.69, 9.17) is 11.6 Å². The summed E-state index contributed by atoms with van der Waals surface area (Å²) in [6, 6.07) is 7.06. The molecule has 5 rings (SSSR count). The zero-order chi connectivity index (χ0) is 24.7. The Morgan fingerprint density at radius 3 is 2.74 bits per heavy atom. The monoisotopic (exact) mass is 502 g/mol. The first-order valence-corrected chi connectivity index (χ1v) is 12.3. The molecule has 2 fully saturated rings. The fourth-order valence-corrected chi connectivity index (χ4v) is 5.04. The molecule has 1 saturated heterocycles. The van der Waals surface area contributed by atoms with Crippen molar-refractivity contribution in [3.63, 3.8) is 0 Å². The standard InChI is InChI=1S/C25H29ClF2N6O/c1-14-10-20(33-32-14)30-24-29-19(22(28)23(31-24)25(35)7-8-25)12-16-6-9-34(15(2)11-16)13-17-4-3-5-18(26)21(17)27/h3-5,10,15-16,35H,6-9,11-13H2,1-2H3,(H2,29,30,31,32,33)/t15-,16-/m1/s1. The number of nitrogens with one attached hydrogen (secondary N) is 2. The van der Waals surface area contributed by atoms with Gasteiger partial charge in [-0.15, -0.1) is 0 Å². The van der Waals surface area contributed by atoms with Gasteiger partial charge in [0.05, 0.1) is 10.7 Å². The topological polar surface area (TPSA) is 90.0 Å². The Morgan fingerprint density at radius 2 is 2.06 bits per heavy atom. The predicted molar refractivity (Wildman–Crippen MR) is 129 cm³/mol. The van der Waals surface area contributed by atoms with E-state index in [0.717, 1.165) is 25.1 Å². The van der Waals surface area contributed by atoms with Gasteiger partial charge in [-0.3, -0.25) is 10.00 Å². The summed E-state index contributed by atoms with van der Waals surface area (Å²) < 4.78 is 29.8. The van der Waals surface area contributed by atoms with Crippen LogP contribution in [-0.2, 0) is 18.6 Å². The molecule has 3 heterocycles. The van der Waals surface area contributed by atoms with Crippen LogP contribution in [0.3, 0.4) is 0 Å². The van der Waals surface area contributed by atoms with Crippen molar-refractivity contribution in [2.75, 3.05) is 11.9 Å². The van der Waals surface area contributed by atoms with Crippen LogP contribution in [0.1, 0.15) is 55.3 Å². The fourth-order valence-electron chi connectivity index (χ4n) is 4.85. The Hall–Kier alpha value is -2.62. The number of hydrogen-bond acceptors (Lipinski definition) is 6. The summed E-state index contributed by atoms with van der Waals surface area (Å²) in [5, 5.41) is 20.8. The van der Waals surface area contributed by atoms with Gasteiger partial charge in [0.15, 0.2) is 11.6 Å². The van der Waals surface area contributed by atoms with E-state index >= 15 is 4.39 Å². The summed E-state index contributed by atoms with van der Waals surface area (Å²) in [4.78, 5) is 11.0. The van der Waals surface area contributed by atoms with E-state index in [-0.39, 0.29) is 34.4 Å². The summed E-state index contributed by atoms with van der Waals surface area (Å²) in [5.41, 5.74) is 0.582. The smallest absolute Gasteiger partial charge is 0.229 e. The molecule has 2 aromatic heterocycles. The number of anilines is 2. The van der Waals surface area contributed by atoms with E-state index in [0.29, 0.717) is 42.9 Å². The predicted octanol–water partition coefficient (Wildman–Crippen LogP) is 5.01. The summed E-state index contributed by atoms with van der Waals surface area (Å²) in [6.07, 6.45) is 3.06. The van der Waals surface area contributed by atoms with Gasteiger partial charge in [-0.05, 0) is 64.5 Å². The highest BCUT2D eigenvalue weighted by atomic mass is 35.5. The third kappa shape index (κ3) is 5.17. The van der Waals surface area contributed by atoms with Crippen LogP contribution < -0.4 is 5.32 Å². The van der Waals surface area contributed by atoms with Crippen LogP contribution in [-0.4, -0.2) is 42.8 Å². The second-order valence-corrected chi connectivity index (χ2v) is 10.3. The number of aryl methyl sites for hydroxylation is 1. The molecule has 2 aliphatic rings. The summed E-state index contributed by atoms with van der Waals surface area (Å²) in [5.74, 6) is 0.0696. The van der Waals surface area contributed by atoms with Gasteiger partial charge < -0.3 is 10.4 Å². The molecule has 2 atom stereocenters. The number of aliphatic hydroxyl groups is 1. The number of H-pyrrole nitrogens is 1. The Labute approximate surface area is 207 Å². The Bertz CT molecular complexity index is 1230. The van der Waals surface area contributed by atoms with Crippen molar-refractivity contribution in [2.45, 2.75) is 64.1 Å². The zero-order valence-electron chi connectivity index (χ0n) is 19.8. The van der Waals surface area contributed by atoms with Gasteiger partial charge in [0.25, 0.3) is 0 Å². The van der Waals surface area contributed by atoms with Crippen LogP contribution >= 0.6 is 11.6 Å². The van der Waals surface area contributed by atoms with Gasteiger partial charge in [0.1, 0.15) is 17.1 Å². The van der Waals surface area contributed by atoms with Crippen molar-refractivity contribution in [3.05, 3.63) is 63.6 Å². The number of rotatable bonds is 7. The fraction of sp³-hybridized carbons (Fsp3) is 0.480. The van der Waals surface area contributed by atoms with E-state index in [1.807, 2.05) is 6.92 Å². The highest BCUT2D eigenvalue weighted by Crippen LogP contribution is 2.46. The lowest BCUT2D eigenvalue weighted by Crippen LogP contribution is -2.41. The van der Waals surface area contributed by atoms with Crippen molar-refractivity contribution in [1.29, 1.82) is 0 Å². The van der Waals surface area contributed by atoms with Crippen molar-refractivity contribution in [3.8, 4) is 0 Å². The molecule has 0 radical (unpaired) electrons. The van der Waals surface area contributed by atoms with Gasteiger partial charge in [0.2, 0.25) is 5.95 Å². The minimum absolute atomic E-state index is 0.0548. The number of hydrogen-bond donors (Lipinski definition) is 3. The summed E-state index contributed by atoms with van der Waals surface area (Å²) in [7, 11) is 0. The lowest BCUT2D eigenvalue weighted by Gasteiger charge is -2.38. The molecule has 0 amide bonds.